The maximum Gasteiger partial charge on any atom is 0.339 e. The van der Waals surface area contributed by atoms with Gasteiger partial charge in [0.15, 0.2) is 5.82 Å². The van der Waals surface area contributed by atoms with Crippen molar-refractivity contribution < 1.29 is 14.3 Å². The SMILES string of the molecule is COC(=O)c1ccc(N2CCC(C3CN(C(=O)C[C@@H]4N=C(c5ccc(Cl)cc5)c5c(sc(C)c5C)-n5c(C)nnc54)C3)CC2)cc1C#CCN. The third-order valence-electron chi connectivity index (χ3n) is 10.3. The summed E-state index contributed by atoms with van der Waals surface area (Å²) in [7, 11) is 1.37. The molecule has 0 aliphatic carbocycles. The second-order valence-electron chi connectivity index (χ2n) is 13.2. The summed E-state index contributed by atoms with van der Waals surface area (Å²) in [5, 5.41) is 10.7. The molecular weight excluding hydrogens is 670 g/mol. The van der Waals surface area contributed by atoms with E-state index in [2.05, 4.69) is 45.4 Å². The highest BCUT2D eigenvalue weighted by Crippen LogP contribution is 2.41. The number of hydrogen-bond donors (Lipinski definition) is 1. The molecule has 0 unspecified atom stereocenters. The Labute approximate surface area is 301 Å². The lowest BCUT2D eigenvalue weighted by atomic mass is 9.79. The highest BCUT2D eigenvalue weighted by Gasteiger charge is 2.39. The first-order chi connectivity index (χ1) is 24.2. The Balaban J connectivity index is 1.03. The highest BCUT2D eigenvalue weighted by molar-refractivity contribution is 7.15. The number of amides is 1. The number of carbonyl (C=O) groups excluding carboxylic acids is 2. The molecule has 4 aromatic rings. The fraction of sp³-hybridized carbons (Fsp3) is 0.395. The minimum Gasteiger partial charge on any atom is -0.465 e. The molecule has 2 fully saturated rings. The number of esters is 1. The number of aromatic nitrogens is 3. The second-order valence-corrected chi connectivity index (χ2v) is 14.9. The molecule has 1 amide bonds. The summed E-state index contributed by atoms with van der Waals surface area (Å²) in [6, 6.07) is 13.0. The first-order valence-corrected chi connectivity index (χ1v) is 18.2. The zero-order valence-corrected chi connectivity index (χ0v) is 30.3. The van der Waals surface area contributed by atoms with Crippen LogP contribution in [0.15, 0.2) is 47.5 Å². The summed E-state index contributed by atoms with van der Waals surface area (Å²) in [5.74, 6) is 8.06. The van der Waals surface area contributed by atoms with E-state index in [0.717, 1.165) is 72.4 Å². The Morgan fingerprint density at radius 3 is 2.48 bits per heavy atom. The molecule has 50 heavy (non-hydrogen) atoms. The summed E-state index contributed by atoms with van der Waals surface area (Å²) in [5.41, 5.74) is 11.7. The molecule has 12 heteroatoms. The van der Waals surface area contributed by atoms with Gasteiger partial charge in [0, 0.05) is 58.5 Å². The molecule has 2 N–H and O–H groups in total. The molecular formula is C38H40ClN7O3S. The van der Waals surface area contributed by atoms with Crippen molar-refractivity contribution in [1.29, 1.82) is 0 Å². The van der Waals surface area contributed by atoms with E-state index in [1.54, 1.807) is 17.4 Å². The van der Waals surface area contributed by atoms with E-state index < -0.39 is 12.0 Å². The van der Waals surface area contributed by atoms with Gasteiger partial charge in [-0.1, -0.05) is 35.6 Å². The van der Waals surface area contributed by atoms with E-state index in [9.17, 15) is 9.59 Å². The van der Waals surface area contributed by atoms with Crippen LogP contribution in [0.1, 0.15) is 74.4 Å². The second kappa shape index (κ2) is 14.0. The highest BCUT2D eigenvalue weighted by atomic mass is 35.5. The molecule has 2 aromatic heterocycles. The lowest BCUT2D eigenvalue weighted by molar-refractivity contribution is -0.139. The number of likely N-dealkylation sites (tertiary alicyclic amines) is 1. The zero-order chi connectivity index (χ0) is 35.1. The summed E-state index contributed by atoms with van der Waals surface area (Å²) in [6.45, 7) is 9.74. The minimum atomic E-state index is -0.471. The molecule has 3 aliphatic rings. The van der Waals surface area contributed by atoms with Crippen molar-refractivity contribution in [2.75, 3.05) is 44.7 Å². The van der Waals surface area contributed by atoms with E-state index in [0.29, 0.717) is 33.8 Å². The molecule has 0 spiro atoms. The normalized spacial score (nSPS) is 17.6. The Bertz CT molecular complexity index is 2040. The van der Waals surface area contributed by atoms with Crippen molar-refractivity contribution in [3.05, 3.63) is 91.8 Å². The van der Waals surface area contributed by atoms with Gasteiger partial charge in [0.25, 0.3) is 0 Å². The first kappa shape index (κ1) is 34.0. The van der Waals surface area contributed by atoms with Gasteiger partial charge in [-0.25, -0.2) is 4.79 Å². The number of rotatable bonds is 6. The summed E-state index contributed by atoms with van der Waals surface area (Å²) < 4.78 is 7.03. The van der Waals surface area contributed by atoms with E-state index in [1.165, 1.54) is 17.6 Å². The number of piperidine rings is 1. The molecule has 0 saturated carbocycles. The van der Waals surface area contributed by atoms with Crippen molar-refractivity contribution in [3.8, 4) is 16.8 Å². The lowest BCUT2D eigenvalue weighted by Gasteiger charge is -2.46. The smallest absolute Gasteiger partial charge is 0.339 e. The lowest BCUT2D eigenvalue weighted by Crippen LogP contribution is -2.54. The number of anilines is 1. The van der Waals surface area contributed by atoms with Gasteiger partial charge >= 0.3 is 5.97 Å². The van der Waals surface area contributed by atoms with Crippen LogP contribution in [0.2, 0.25) is 5.02 Å². The van der Waals surface area contributed by atoms with Crippen LogP contribution in [0.4, 0.5) is 5.69 Å². The number of nitrogens with two attached hydrogens (primary N) is 1. The fourth-order valence-corrected chi connectivity index (χ4v) is 8.68. The fourth-order valence-electron chi connectivity index (χ4n) is 7.34. The summed E-state index contributed by atoms with van der Waals surface area (Å²) >= 11 is 7.96. The number of benzene rings is 2. The third-order valence-corrected chi connectivity index (χ3v) is 11.7. The predicted octanol–water partition coefficient (Wildman–Crippen LogP) is 5.66. The van der Waals surface area contributed by atoms with Crippen molar-refractivity contribution >= 4 is 46.2 Å². The number of thiophene rings is 1. The number of aryl methyl sites for hydroxylation is 2. The van der Waals surface area contributed by atoms with Crippen molar-refractivity contribution in [1.82, 2.24) is 19.7 Å². The van der Waals surface area contributed by atoms with Crippen molar-refractivity contribution in [2.24, 2.45) is 22.6 Å². The van der Waals surface area contributed by atoms with Crippen LogP contribution >= 0.6 is 22.9 Å². The average molecular weight is 710 g/mol. The van der Waals surface area contributed by atoms with E-state index in [-0.39, 0.29) is 18.9 Å². The van der Waals surface area contributed by atoms with Gasteiger partial charge in [-0.15, -0.1) is 21.5 Å². The van der Waals surface area contributed by atoms with Gasteiger partial charge in [0.05, 0.1) is 31.4 Å². The molecule has 0 radical (unpaired) electrons. The minimum absolute atomic E-state index is 0.0880. The Morgan fingerprint density at radius 2 is 1.78 bits per heavy atom. The van der Waals surface area contributed by atoms with Gasteiger partial charge in [0.1, 0.15) is 16.9 Å². The van der Waals surface area contributed by atoms with Gasteiger partial charge < -0.3 is 20.3 Å². The molecule has 5 heterocycles. The number of carbonyl (C=O) groups is 2. The van der Waals surface area contributed by atoms with Crippen LogP contribution < -0.4 is 10.6 Å². The molecule has 1 atom stereocenters. The maximum absolute atomic E-state index is 13.8. The van der Waals surface area contributed by atoms with Gasteiger partial charge in [-0.2, -0.15) is 0 Å². The number of ether oxygens (including phenoxy) is 1. The van der Waals surface area contributed by atoms with Crippen LogP contribution in [0.5, 0.6) is 0 Å². The predicted molar refractivity (Wildman–Crippen MR) is 197 cm³/mol. The van der Waals surface area contributed by atoms with Crippen LogP contribution in [0, 0.1) is 44.4 Å². The first-order valence-electron chi connectivity index (χ1n) is 17.0. The van der Waals surface area contributed by atoms with Crippen LogP contribution in [0.3, 0.4) is 0 Å². The molecule has 10 nitrogen and oxygen atoms in total. The number of methoxy groups -OCH3 is 1. The average Bonchev–Trinajstić information content (AvgIpc) is 3.58. The number of hydrogen-bond acceptors (Lipinski definition) is 9. The van der Waals surface area contributed by atoms with Gasteiger partial charge in [-0.05, 0) is 81.3 Å². The largest absolute Gasteiger partial charge is 0.465 e. The number of nitrogens with zero attached hydrogens (tertiary/aromatic N) is 6. The monoisotopic (exact) mass is 709 g/mol. The van der Waals surface area contributed by atoms with Gasteiger partial charge in [-0.3, -0.25) is 14.4 Å². The van der Waals surface area contributed by atoms with Crippen LogP contribution in [0.25, 0.3) is 5.00 Å². The van der Waals surface area contributed by atoms with E-state index in [4.69, 9.17) is 27.1 Å². The number of fused-ring (bicyclic) bond motifs is 3. The van der Waals surface area contributed by atoms with Gasteiger partial charge in [0.2, 0.25) is 5.91 Å². The third kappa shape index (κ3) is 6.32. The number of aliphatic imine (C=N–C) groups is 1. The molecule has 2 saturated heterocycles. The van der Waals surface area contributed by atoms with E-state index in [1.807, 2.05) is 48.2 Å². The zero-order valence-electron chi connectivity index (χ0n) is 28.7. The van der Waals surface area contributed by atoms with E-state index >= 15 is 0 Å². The molecule has 7 rings (SSSR count). The van der Waals surface area contributed by atoms with Crippen molar-refractivity contribution in [3.63, 3.8) is 0 Å². The Kier molecular flexibility index (Phi) is 9.53. The molecule has 258 valence electrons. The Hall–Kier alpha value is -4.50. The summed E-state index contributed by atoms with van der Waals surface area (Å²) in [6.07, 6.45) is 2.30. The standard InChI is InChI=1S/C38H40ClN7O3S/c1-22-23(2)50-37-34(22)35(26-7-9-29(39)10-8-26)41-32(36-43-42-24(3)46(36)37)19-33(47)45-20-28(21-45)25-13-16-44(17-14-25)30-11-12-31(38(48)49-4)27(18-30)6-5-15-40/h7-12,18,25,28,32H,13-17,19-21,40H2,1-4H3/t32-/m0/s1. The Morgan fingerprint density at radius 1 is 1.04 bits per heavy atom. The molecule has 3 aliphatic heterocycles. The quantitative estimate of drug-likeness (QED) is 0.203. The maximum atomic E-state index is 13.8. The molecule has 0 bridgehead atoms. The van der Waals surface area contributed by atoms with Crippen LogP contribution in [-0.4, -0.2) is 77.1 Å². The topological polar surface area (TPSA) is 119 Å². The number of halogens is 1. The molecule has 2 aromatic carbocycles. The van der Waals surface area contributed by atoms with Crippen LogP contribution in [-0.2, 0) is 9.53 Å². The van der Waals surface area contributed by atoms with Crippen molar-refractivity contribution in [2.45, 2.75) is 46.1 Å². The summed E-state index contributed by atoms with van der Waals surface area (Å²) in [4.78, 5) is 36.9.